The highest BCUT2D eigenvalue weighted by Crippen LogP contribution is 2.34. The summed E-state index contributed by atoms with van der Waals surface area (Å²) in [5.74, 6) is -0.214. The molecule has 1 heterocycles. The SMILES string of the molecule is Cc1ccc(-c2cnc(NCc3ccccc3F)s2)c(Cl)c1. The fourth-order valence-electron chi connectivity index (χ4n) is 2.11. The Morgan fingerprint density at radius 3 is 2.82 bits per heavy atom. The molecule has 0 aliphatic rings. The maximum absolute atomic E-state index is 13.6. The lowest BCUT2D eigenvalue weighted by molar-refractivity contribution is 0.613. The fraction of sp³-hybridized carbons (Fsp3) is 0.118. The summed E-state index contributed by atoms with van der Waals surface area (Å²) in [5, 5.41) is 4.60. The van der Waals surface area contributed by atoms with Crippen molar-refractivity contribution in [3.63, 3.8) is 0 Å². The number of nitrogens with zero attached hydrogens (tertiary/aromatic N) is 1. The van der Waals surface area contributed by atoms with Crippen molar-refractivity contribution >= 4 is 28.1 Å². The predicted molar refractivity (Wildman–Crippen MR) is 91.0 cm³/mol. The molecule has 0 amide bonds. The van der Waals surface area contributed by atoms with Crippen LogP contribution < -0.4 is 5.32 Å². The molecule has 1 aromatic heterocycles. The molecule has 1 N–H and O–H groups in total. The first-order chi connectivity index (χ1) is 10.6. The molecular formula is C17H14ClFN2S. The molecule has 0 bridgehead atoms. The van der Waals surface area contributed by atoms with Crippen LogP contribution in [0.15, 0.2) is 48.7 Å². The lowest BCUT2D eigenvalue weighted by atomic mass is 10.1. The van der Waals surface area contributed by atoms with Crippen molar-refractivity contribution < 1.29 is 4.39 Å². The topological polar surface area (TPSA) is 24.9 Å². The predicted octanol–water partition coefficient (Wildman–Crippen LogP) is 5.52. The van der Waals surface area contributed by atoms with Crippen molar-refractivity contribution in [3.05, 3.63) is 70.6 Å². The van der Waals surface area contributed by atoms with Gasteiger partial charge in [-0.05, 0) is 24.6 Å². The number of hydrogen-bond acceptors (Lipinski definition) is 3. The molecule has 0 unspecified atom stereocenters. The number of thiazole rings is 1. The van der Waals surface area contributed by atoms with Gasteiger partial charge >= 0.3 is 0 Å². The zero-order valence-electron chi connectivity index (χ0n) is 11.9. The van der Waals surface area contributed by atoms with Crippen LogP contribution in [0.2, 0.25) is 5.02 Å². The number of halogens is 2. The van der Waals surface area contributed by atoms with Gasteiger partial charge in [-0.3, -0.25) is 0 Å². The van der Waals surface area contributed by atoms with Gasteiger partial charge in [-0.2, -0.15) is 0 Å². The molecule has 2 aromatic carbocycles. The van der Waals surface area contributed by atoms with E-state index in [9.17, 15) is 4.39 Å². The van der Waals surface area contributed by atoms with Crippen molar-refractivity contribution in [1.82, 2.24) is 4.98 Å². The Labute approximate surface area is 137 Å². The first-order valence-corrected chi connectivity index (χ1v) is 8.02. The molecule has 0 aliphatic carbocycles. The van der Waals surface area contributed by atoms with Crippen LogP contribution in [-0.4, -0.2) is 4.98 Å². The molecule has 3 rings (SSSR count). The average molecular weight is 333 g/mol. The third-order valence-electron chi connectivity index (χ3n) is 3.28. The molecule has 0 aliphatic heterocycles. The summed E-state index contributed by atoms with van der Waals surface area (Å²) in [6.45, 7) is 2.41. The van der Waals surface area contributed by atoms with E-state index >= 15 is 0 Å². The third kappa shape index (κ3) is 3.29. The van der Waals surface area contributed by atoms with Crippen LogP contribution in [0.3, 0.4) is 0 Å². The Bertz CT molecular complexity index is 801. The molecule has 112 valence electrons. The Morgan fingerprint density at radius 2 is 2.05 bits per heavy atom. The van der Waals surface area contributed by atoms with Gasteiger partial charge < -0.3 is 5.32 Å². The first kappa shape index (κ1) is 15.0. The van der Waals surface area contributed by atoms with Gasteiger partial charge in [0.1, 0.15) is 5.82 Å². The molecule has 0 radical (unpaired) electrons. The summed E-state index contributed by atoms with van der Waals surface area (Å²) in [4.78, 5) is 5.31. The van der Waals surface area contributed by atoms with Crippen molar-refractivity contribution in [3.8, 4) is 10.4 Å². The van der Waals surface area contributed by atoms with Crippen molar-refractivity contribution in [2.45, 2.75) is 13.5 Å². The third-order valence-corrected chi connectivity index (χ3v) is 4.58. The smallest absolute Gasteiger partial charge is 0.183 e. The quantitative estimate of drug-likeness (QED) is 0.680. The van der Waals surface area contributed by atoms with E-state index < -0.39 is 0 Å². The van der Waals surface area contributed by atoms with Crippen LogP contribution in [0.4, 0.5) is 9.52 Å². The van der Waals surface area contributed by atoms with Crippen LogP contribution in [-0.2, 0) is 6.54 Å². The van der Waals surface area contributed by atoms with E-state index in [2.05, 4.69) is 10.3 Å². The second-order valence-corrected chi connectivity index (χ2v) is 6.40. The molecular weight excluding hydrogens is 319 g/mol. The zero-order valence-corrected chi connectivity index (χ0v) is 13.5. The molecule has 3 aromatic rings. The summed E-state index contributed by atoms with van der Waals surface area (Å²) in [5.41, 5.74) is 2.70. The number of hydrogen-bond donors (Lipinski definition) is 1. The van der Waals surface area contributed by atoms with Crippen LogP contribution in [0.25, 0.3) is 10.4 Å². The number of aryl methyl sites for hydroxylation is 1. The monoisotopic (exact) mass is 332 g/mol. The molecule has 0 atom stereocenters. The molecule has 0 saturated heterocycles. The van der Waals surface area contributed by atoms with Gasteiger partial charge in [0.15, 0.2) is 5.13 Å². The van der Waals surface area contributed by atoms with Crippen LogP contribution in [0.1, 0.15) is 11.1 Å². The van der Waals surface area contributed by atoms with Gasteiger partial charge in [0.05, 0.1) is 4.88 Å². The Morgan fingerprint density at radius 1 is 1.23 bits per heavy atom. The molecule has 5 heteroatoms. The van der Waals surface area contributed by atoms with Crippen molar-refractivity contribution in [2.24, 2.45) is 0 Å². The van der Waals surface area contributed by atoms with Gasteiger partial charge in [-0.25, -0.2) is 9.37 Å². The van der Waals surface area contributed by atoms with Crippen molar-refractivity contribution in [2.75, 3.05) is 5.32 Å². The minimum atomic E-state index is -0.214. The maximum atomic E-state index is 13.6. The van der Waals surface area contributed by atoms with Crippen LogP contribution >= 0.6 is 22.9 Å². The summed E-state index contributed by atoms with van der Waals surface area (Å²) in [6.07, 6.45) is 1.78. The highest BCUT2D eigenvalue weighted by atomic mass is 35.5. The van der Waals surface area contributed by atoms with Crippen LogP contribution in [0, 0.1) is 12.7 Å². The van der Waals surface area contributed by atoms with E-state index in [1.54, 1.807) is 18.3 Å². The van der Waals surface area contributed by atoms with E-state index in [0.29, 0.717) is 17.1 Å². The number of anilines is 1. The second kappa shape index (κ2) is 6.46. The number of rotatable bonds is 4. The van der Waals surface area contributed by atoms with E-state index in [1.807, 2.05) is 31.2 Å². The molecule has 0 saturated carbocycles. The number of aromatic nitrogens is 1. The van der Waals surface area contributed by atoms with Gasteiger partial charge in [0, 0.05) is 28.9 Å². The molecule has 2 nitrogen and oxygen atoms in total. The molecule has 0 spiro atoms. The second-order valence-electron chi connectivity index (χ2n) is 4.96. The fourth-order valence-corrected chi connectivity index (χ4v) is 3.36. The zero-order chi connectivity index (χ0) is 15.5. The van der Waals surface area contributed by atoms with Gasteiger partial charge in [-0.15, -0.1) is 0 Å². The number of benzene rings is 2. The lowest BCUT2D eigenvalue weighted by Gasteiger charge is -2.04. The van der Waals surface area contributed by atoms with Crippen molar-refractivity contribution in [1.29, 1.82) is 0 Å². The van der Waals surface area contributed by atoms with Gasteiger partial charge in [-0.1, -0.05) is 53.3 Å². The summed E-state index contributed by atoms with van der Waals surface area (Å²) in [7, 11) is 0. The lowest BCUT2D eigenvalue weighted by Crippen LogP contribution is -2.00. The Kier molecular flexibility index (Phi) is 4.41. The highest BCUT2D eigenvalue weighted by molar-refractivity contribution is 7.18. The normalized spacial score (nSPS) is 10.7. The van der Waals surface area contributed by atoms with E-state index in [0.717, 1.165) is 21.1 Å². The van der Waals surface area contributed by atoms with E-state index in [-0.39, 0.29) is 5.82 Å². The Balaban J connectivity index is 1.75. The molecule has 0 fully saturated rings. The average Bonchev–Trinajstić information content (AvgIpc) is 2.95. The first-order valence-electron chi connectivity index (χ1n) is 6.83. The summed E-state index contributed by atoms with van der Waals surface area (Å²) >= 11 is 7.78. The maximum Gasteiger partial charge on any atom is 0.183 e. The van der Waals surface area contributed by atoms with E-state index in [4.69, 9.17) is 11.6 Å². The summed E-state index contributed by atoms with van der Waals surface area (Å²) < 4.78 is 13.6. The minimum Gasteiger partial charge on any atom is -0.357 e. The molecule has 22 heavy (non-hydrogen) atoms. The number of nitrogens with one attached hydrogen (secondary N) is 1. The Hall–Kier alpha value is -1.91. The summed E-state index contributed by atoms with van der Waals surface area (Å²) in [6, 6.07) is 12.7. The van der Waals surface area contributed by atoms with Gasteiger partial charge in [0.2, 0.25) is 0 Å². The van der Waals surface area contributed by atoms with E-state index in [1.165, 1.54) is 17.4 Å². The van der Waals surface area contributed by atoms with Crippen LogP contribution in [0.5, 0.6) is 0 Å². The standard InChI is InChI=1S/C17H14ClFN2S/c1-11-6-7-13(14(18)8-11)16-10-21-17(22-16)20-9-12-4-2-3-5-15(12)19/h2-8,10H,9H2,1H3,(H,20,21). The van der Waals surface area contributed by atoms with Gasteiger partial charge in [0.25, 0.3) is 0 Å². The highest BCUT2D eigenvalue weighted by Gasteiger charge is 2.09. The minimum absolute atomic E-state index is 0.214. The largest absolute Gasteiger partial charge is 0.357 e.